The highest BCUT2D eigenvalue weighted by atomic mass is 16.5. The molecular weight excluding hydrogens is 376 g/mol. The molecule has 0 aliphatic carbocycles. The van der Waals surface area contributed by atoms with Crippen LogP contribution < -0.4 is 10.1 Å². The minimum atomic E-state index is 0.0460. The molecule has 1 unspecified atom stereocenters. The van der Waals surface area contributed by atoms with Gasteiger partial charge in [-0.2, -0.15) is 0 Å². The van der Waals surface area contributed by atoms with Gasteiger partial charge in [-0.05, 0) is 49.9 Å². The molecule has 3 aromatic rings. The molecule has 6 heteroatoms. The van der Waals surface area contributed by atoms with Crippen LogP contribution in [0.2, 0.25) is 0 Å². The average Bonchev–Trinajstić information content (AvgIpc) is 3.13. The van der Waals surface area contributed by atoms with Gasteiger partial charge in [-0.25, -0.2) is 9.78 Å². The standard InChI is InChI=1S/C24H28N4O2/c1-17-26-21-7-3-4-8-22(21)28(17)19-10-13-27(14-11-19)24(29)25-16-18-12-15-30-23-9-5-2-6-20(18)23/h2-9,18-19H,10-16H2,1H3,(H,25,29). The SMILES string of the molecule is Cc1nc2ccccc2n1C1CCN(C(=O)NCC2CCOc3ccccc32)CC1. The molecule has 0 bridgehead atoms. The van der Waals surface area contributed by atoms with Crippen molar-refractivity contribution in [1.29, 1.82) is 0 Å². The Kier molecular flexibility index (Phi) is 5.07. The van der Waals surface area contributed by atoms with Crippen LogP contribution in [-0.2, 0) is 0 Å². The molecule has 1 fully saturated rings. The van der Waals surface area contributed by atoms with Crippen LogP contribution in [0.25, 0.3) is 11.0 Å². The van der Waals surface area contributed by atoms with Crippen molar-refractivity contribution in [2.24, 2.45) is 0 Å². The Morgan fingerprint density at radius 1 is 1.10 bits per heavy atom. The van der Waals surface area contributed by atoms with Crippen molar-refractivity contribution in [1.82, 2.24) is 19.8 Å². The number of benzene rings is 2. The lowest BCUT2D eigenvalue weighted by Crippen LogP contribution is -2.46. The van der Waals surface area contributed by atoms with Crippen molar-refractivity contribution in [2.75, 3.05) is 26.2 Å². The number of imidazole rings is 1. The number of hydrogen-bond donors (Lipinski definition) is 1. The first kappa shape index (κ1) is 19.0. The molecule has 1 saturated heterocycles. The van der Waals surface area contributed by atoms with E-state index in [1.165, 1.54) is 11.1 Å². The van der Waals surface area contributed by atoms with Crippen molar-refractivity contribution in [2.45, 2.75) is 38.1 Å². The zero-order chi connectivity index (χ0) is 20.5. The smallest absolute Gasteiger partial charge is 0.317 e. The first-order valence-electron chi connectivity index (χ1n) is 10.9. The van der Waals surface area contributed by atoms with Gasteiger partial charge in [0.25, 0.3) is 0 Å². The van der Waals surface area contributed by atoms with E-state index < -0.39 is 0 Å². The molecule has 2 aliphatic heterocycles. The van der Waals surface area contributed by atoms with E-state index in [0.717, 1.165) is 49.4 Å². The number of nitrogens with one attached hydrogen (secondary N) is 1. The molecule has 3 heterocycles. The second kappa shape index (κ2) is 8.01. The predicted octanol–water partition coefficient (Wildman–Crippen LogP) is 4.26. The molecule has 2 aromatic carbocycles. The van der Waals surface area contributed by atoms with Crippen molar-refractivity contribution in [3.8, 4) is 5.75 Å². The normalized spacial score (nSPS) is 19.4. The van der Waals surface area contributed by atoms with Gasteiger partial charge in [0, 0.05) is 31.6 Å². The van der Waals surface area contributed by atoms with Gasteiger partial charge in [0.15, 0.2) is 0 Å². The van der Waals surface area contributed by atoms with Gasteiger partial charge >= 0.3 is 6.03 Å². The van der Waals surface area contributed by atoms with Crippen LogP contribution in [0.1, 0.15) is 42.6 Å². The summed E-state index contributed by atoms with van der Waals surface area (Å²) >= 11 is 0. The number of para-hydroxylation sites is 3. The number of carbonyl (C=O) groups excluding carboxylic acids is 1. The van der Waals surface area contributed by atoms with Crippen LogP contribution in [0.3, 0.4) is 0 Å². The van der Waals surface area contributed by atoms with Crippen LogP contribution in [0.15, 0.2) is 48.5 Å². The highest BCUT2D eigenvalue weighted by molar-refractivity contribution is 5.76. The molecule has 0 radical (unpaired) electrons. The van der Waals surface area contributed by atoms with Crippen LogP contribution >= 0.6 is 0 Å². The molecule has 6 nitrogen and oxygen atoms in total. The number of fused-ring (bicyclic) bond motifs is 2. The van der Waals surface area contributed by atoms with Gasteiger partial charge in [-0.3, -0.25) is 0 Å². The zero-order valence-electron chi connectivity index (χ0n) is 17.4. The van der Waals surface area contributed by atoms with E-state index in [9.17, 15) is 4.79 Å². The fraction of sp³-hybridized carbons (Fsp3) is 0.417. The summed E-state index contributed by atoms with van der Waals surface area (Å²) in [5, 5.41) is 3.17. The molecule has 0 saturated carbocycles. The Labute approximate surface area is 176 Å². The third kappa shape index (κ3) is 3.51. The van der Waals surface area contributed by atoms with E-state index in [0.29, 0.717) is 25.1 Å². The summed E-state index contributed by atoms with van der Waals surface area (Å²) in [7, 11) is 0. The molecule has 1 atom stereocenters. The van der Waals surface area contributed by atoms with Gasteiger partial charge in [0.1, 0.15) is 11.6 Å². The van der Waals surface area contributed by atoms with E-state index in [1.54, 1.807) is 0 Å². The van der Waals surface area contributed by atoms with Crippen LogP contribution in [0, 0.1) is 6.92 Å². The summed E-state index contributed by atoms with van der Waals surface area (Å²) in [6.45, 7) is 4.98. The number of ether oxygens (including phenoxy) is 1. The van der Waals surface area contributed by atoms with E-state index in [1.807, 2.05) is 29.2 Å². The largest absolute Gasteiger partial charge is 0.493 e. The number of nitrogens with zero attached hydrogens (tertiary/aromatic N) is 3. The average molecular weight is 405 g/mol. The molecule has 2 aliphatic rings. The predicted molar refractivity (Wildman–Crippen MR) is 117 cm³/mol. The molecule has 2 amide bonds. The third-order valence-electron chi connectivity index (χ3n) is 6.47. The third-order valence-corrected chi connectivity index (χ3v) is 6.47. The zero-order valence-corrected chi connectivity index (χ0v) is 17.4. The lowest BCUT2D eigenvalue weighted by Gasteiger charge is -2.34. The number of piperidine rings is 1. The first-order chi connectivity index (χ1) is 14.7. The van der Waals surface area contributed by atoms with Crippen molar-refractivity contribution < 1.29 is 9.53 Å². The van der Waals surface area contributed by atoms with Gasteiger partial charge in [-0.1, -0.05) is 30.3 Å². The van der Waals surface area contributed by atoms with Crippen LogP contribution in [-0.4, -0.2) is 46.7 Å². The highest BCUT2D eigenvalue weighted by Crippen LogP contribution is 2.33. The molecule has 156 valence electrons. The summed E-state index contributed by atoms with van der Waals surface area (Å²) in [4.78, 5) is 19.4. The Hall–Kier alpha value is -3.02. The van der Waals surface area contributed by atoms with Gasteiger partial charge < -0.3 is 19.5 Å². The molecule has 30 heavy (non-hydrogen) atoms. The molecule has 0 spiro atoms. The highest BCUT2D eigenvalue weighted by Gasteiger charge is 2.27. The molecule has 5 rings (SSSR count). The number of rotatable bonds is 3. The number of aryl methyl sites for hydroxylation is 1. The fourth-order valence-corrected chi connectivity index (χ4v) is 4.90. The summed E-state index contributed by atoms with van der Waals surface area (Å²) in [5.41, 5.74) is 3.44. The lowest BCUT2D eigenvalue weighted by molar-refractivity contribution is 0.170. The van der Waals surface area contributed by atoms with E-state index in [2.05, 4.69) is 41.1 Å². The molecular formula is C24H28N4O2. The molecule has 1 aromatic heterocycles. The van der Waals surface area contributed by atoms with Crippen molar-refractivity contribution in [3.05, 3.63) is 59.9 Å². The van der Waals surface area contributed by atoms with E-state index in [4.69, 9.17) is 9.72 Å². The Bertz CT molecular complexity index is 1050. The maximum absolute atomic E-state index is 12.8. The number of aromatic nitrogens is 2. The maximum atomic E-state index is 12.8. The topological polar surface area (TPSA) is 59.4 Å². The number of carbonyl (C=O) groups is 1. The van der Waals surface area contributed by atoms with Gasteiger partial charge in [0.05, 0.1) is 17.6 Å². The summed E-state index contributed by atoms with van der Waals surface area (Å²) < 4.78 is 8.08. The van der Waals surface area contributed by atoms with Crippen molar-refractivity contribution in [3.63, 3.8) is 0 Å². The number of hydrogen-bond acceptors (Lipinski definition) is 3. The van der Waals surface area contributed by atoms with Gasteiger partial charge in [-0.15, -0.1) is 0 Å². The fourth-order valence-electron chi connectivity index (χ4n) is 4.90. The van der Waals surface area contributed by atoms with Crippen LogP contribution in [0.4, 0.5) is 4.79 Å². The Morgan fingerprint density at radius 3 is 2.73 bits per heavy atom. The monoisotopic (exact) mass is 404 g/mol. The number of urea groups is 1. The second-order valence-corrected chi connectivity index (χ2v) is 8.29. The maximum Gasteiger partial charge on any atom is 0.317 e. The molecule has 1 N–H and O–H groups in total. The lowest BCUT2D eigenvalue weighted by atomic mass is 9.93. The summed E-state index contributed by atoms with van der Waals surface area (Å²) in [5.74, 6) is 2.32. The van der Waals surface area contributed by atoms with Gasteiger partial charge in [0.2, 0.25) is 0 Å². The van der Waals surface area contributed by atoms with Crippen molar-refractivity contribution >= 4 is 17.1 Å². The quantitative estimate of drug-likeness (QED) is 0.710. The minimum Gasteiger partial charge on any atom is -0.493 e. The minimum absolute atomic E-state index is 0.0460. The Balaban J connectivity index is 1.19. The summed E-state index contributed by atoms with van der Waals surface area (Å²) in [6.07, 6.45) is 2.84. The second-order valence-electron chi connectivity index (χ2n) is 8.29. The number of likely N-dealkylation sites (tertiary alicyclic amines) is 1. The first-order valence-corrected chi connectivity index (χ1v) is 10.9. The van der Waals surface area contributed by atoms with E-state index in [-0.39, 0.29) is 6.03 Å². The number of amides is 2. The summed E-state index contributed by atoms with van der Waals surface area (Å²) in [6, 6.07) is 16.9. The Morgan fingerprint density at radius 2 is 1.87 bits per heavy atom. The van der Waals surface area contributed by atoms with Crippen LogP contribution in [0.5, 0.6) is 5.75 Å². The van der Waals surface area contributed by atoms with E-state index >= 15 is 0 Å².